The number of rotatable bonds is 7. The van der Waals surface area contributed by atoms with Gasteiger partial charge in [0.15, 0.2) is 11.4 Å². The summed E-state index contributed by atoms with van der Waals surface area (Å²) < 4.78 is 9.60. The number of hydrogen-bond acceptors (Lipinski definition) is 8. The number of carbonyl (C=O) groups excluding carboxylic acids is 1. The predicted molar refractivity (Wildman–Crippen MR) is 129 cm³/mol. The van der Waals surface area contributed by atoms with Crippen molar-refractivity contribution >= 4 is 23.0 Å². The summed E-state index contributed by atoms with van der Waals surface area (Å²) in [5.74, 6) is -0.910. The second-order valence-corrected chi connectivity index (χ2v) is 9.44. The Kier molecular flexibility index (Phi) is 5.59. The lowest BCUT2D eigenvalue weighted by atomic mass is 9.78. The highest BCUT2D eigenvalue weighted by Gasteiger charge is 2.41. The molecule has 0 aliphatic heterocycles. The van der Waals surface area contributed by atoms with E-state index >= 15 is 0 Å². The van der Waals surface area contributed by atoms with Crippen LogP contribution in [0.1, 0.15) is 61.8 Å². The van der Waals surface area contributed by atoms with Crippen molar-refractivity contribution in [3.05, 3.63) is 55.9 Å². The van der Waals surface area contributed by atoms with E-state index in [0.717, 1.165) is 31.2 Å². The number of aromatic hydroxyl groups is 1. The molecule has 0 unspecified atom stereocenters. The first kappa shape index (κ1) is 22.1. The molecule has 10 heteroatoms. The molecule has 2 aromatic heterocycles. The maximum Gasteiger partial charge on any atom is 0.275 e. The minimum atomic E-state index is -0.721. The number of nitrogens with zero attached hydrogens (tertiary/aromatic N) is 4. The Hall–Kier alpha value is -3.69. The number of aromatic nitrogens is 3. The summed E-state index contributed by atoms with van der Waals surface area (Å²) in [7, 11) is 4.86. The highest BCUT2D eigenvalue weighted by Crippen LogP contribution is 2.49. The lowest BCUT2D eigenvalue weighted by molar-refractivity contribution is 0.0819. The van der Waals surface area contributed by atoms with Crippen LogP contribution in [0.4, 0.5) is 17.1 Å². The Labute approximate surface area is 198 Å². The topological polar surface area (TPSA) is 129 Å². The molecule has 10 nitrogen and oxygen atoms in total. The molecule has 1 aliphatic rings. The van der Waals surface area contributed by atoms with Crippen LogP contribution in [0, 0.1) is 12.3 Å². The van der Waals surface area contributed by atoms with Gasteiger partial charge in [0.2, 0.25) is 0 Å². The fourth-order valence-corrected chi connectivity index (χ4v) is 4.69. The average Bonchev–Trinajstić information content (AvgIpc) is 3.44. The second-order valence-electron chi connectivity index (χ2n) is 9.44. The van der Waals surface area contributed by atoms with E-state index in [9.17, 15) is 19.5 Å². The number of carbonyl (C=O) groups is 1. The quantitative estimate of drug-likeness (QED) is 0.452. The van der Waals surface area contributed by atoms with Gasteiger partial charge in [-0.05, 0) is 36.8 Å². The summed E-state index contributed by atoms with van der Waals surface area (Å²) in [6.45, 7) is 2.18. The van der Waals surface area contributed by atoms with Crippen molar-refractivity contribution in [3.8, 4) is 5.75 Å². The van der Waals surface area contributed by atoms with Gasteiger partial charge in [-0.25, -0.2) is 4.98 Å². The van der Waals surface area contributed by atoms with Crippen LogP contribution in [0.15, 0.2) is 28.0 Å². The first-order chi connectivity index (χ1) is 16.6. The molecule has 1 fully saturated rings. The summed E-state index contributed by atoms with van der Waals surface area (Å²) in [6, 6.07) is 1.04. The van der Waals surface area contributed by atoms with Crippen LogP contribution >= 0.6 is 0 Å². The Morgan fingerprint density at radius 3 is 2.59 bits per heavy atom. The lowest BCUT2D eigenvalue weighted by Crippen LogP contribution is -2.40. The van der Waals surface area contributed by atoms with Crippen LogP contribution < -0.4 is 21.5 Å². The number of nitrogens with one attached hydrogen (secondary N) is 2. The van der Waals surface area contributed by atoms with Crippen molar-refractivity contribution in [2.75, 3.05) is 24.7 Å². The zero-order chi connectivity index (χ0) is 25.5. The molecule has 4 rings (SSSR count). The monoisotopic (exact) mass is 467 g/mol. The van der Waals surface area contributed by atoms with E-state index in [2.05, 4.69) is 27.6 Å². The van der Waals surface area contributed by atoms with E-state index in [1.807, 2.05) is 0 Å². The number of pyridine rings is 1. The number of amides is 1. The molecular weight excluding hydrogens is 436 g/mol. The van der Waals surface area contributed by atoms with Gasteiger partial charge in [-0.2, -0.15) is 5.10 Å². The van der Waals surface area contributed by atoms with Crippen LogP contribution in [0.3, 0.4) is 0 Å². The first-order valence-corrected chi connectivity index (χ1v) is 11.2. The lowest BCUT2D eigenvalue weighted by Gasteiger charge is -2.35. The number of aryl methyl sites for hydroxylation is 2. The Morgan fingerprint density at radius 2 is 1.94 bits per heavy atom. The summed E-state index contributed by atoms with van der Waals surface area (Å²) in [5, 5.41) is 21.3. The highest BCUT2D eigenvalue weighted by molar-refractivity contribution is 5.97. The molecular formula is C24H30N6O4. The second kappa shape index (κ2) is 8.58. The molecule has 1 amide bonds. The standard InChI is InChI=1S/C24H30N6O4/c1-13-12-30(5)28-15(13)22(24(2)9-6-7-10-24)27-17-16(20(32)21(17)33)26-14-8-11-25-18(19(14)31)23(34)29(3)4/h8,11-12,22,27,31H,6-7,9-10H2,1-5H3,(H,25,26)/t22-/m0/s1/i1D. The molecule has 3 aromatic rings. The fourth-order valence-electron chi connectivity index (χ4n) is 4.69. The van der Waals surface area contributed by atoms with E-state index in [0.29, 0.717) is 5.69 Å². The molecule has 1 aromatic carbocycles. The van der Waals surface area contributed by atoms with Gasteiger partial charge >= 0.3 is 0 Å². The predicted octanol–water partition coefficient (Wildman–Crippen LogP) is 2.60. The smallest absolute Gasteiger partial charge is 0.275 e. The minimum Gasteiger partial charge on any atom is -0.504 e. The van der Waals surface area contributed by atoms with Crippen molar-refractivity contribution in [1.82, 2.24) is 19.7 Å². The largest absolute Gasteiger partial charge is 0.504 e. The van der Waals surface area contributed by atoms with Gasteiger partial charge in [0, 0.05) is 34.9 Å². The van der Waals surface area contributed by atoms with Crippen molar-refractivity contribution in [1.29, 1.82) is 0 Å². The van der Waals surface area contributed by atoms with E-state index < -0.39 is 22.5 Å². The van der Waals surface area contributed by atoms with Crippen LogP contribution in [-0.4, -0.2) is 44.8 Å². The molecule has 1 atom stereocenters. The summed E-state index contributed by atoms with van der Waals surface area (Å²) in [6.07, 6.45) is 7.06. The third-order valence-electron chi connectivity index (χ3n) is 6.65. The molecule has 2 heterocycles. The molecule has 34 heavy (non-hydrogen) atoms. The normalized spacial score (nSPS) is 16.3. The molecule has 0 spiro atoms. The zero-order valence-electron chi connectivity index (χ0n) is 20.8. The number of hydrogen-bond donors (Lipinski definition) is 3. The van der Waals surface area contributed by atoms with Gasteiger partial charge in [-0.15, -0.1) is 0 Å². The summed E-state index contributed by atoms with van der Waals surface area (Å²) >= 11 is 0. The van der Waals surface area contributed by atoms with E-state index in [-0.39, 0.29) is 41.1 Å². The van der Waals surface area contributed by atoms with Gasteiger partial charge in [0.25, 0.3) is 16.8 Å². The van der Waals surface area contributed by atoms with Crippen molar-refractivity contribution in [2.45, 2.75) is 45.5 Å². The zero-order valence-corrected chi connectivity index (χ0v) is 19.8. The van der Waals surface area contributed by atoms with E-state index in [1.165, 1.54) is 31.3 Å². The van der Waals surface area contributed by atoms with Crippen molar-refractivity contribution < 1.29 is 11.3 Å². The first-order valence-electron chi connectivity index (χ1n) is 11.9. The fraction of sp³-hybridized carbons (Fsp3) is 0.458. The molecule has 0 radical (unpaired) electrons. The van der Waals surface area contributed by atoms with Gasteiger partial charge in [0.05, 0.1) is 17.4 Å². The summed E-state index contributed by atoms with van der Waals surface area (Å²) in [5.41, 5.74) is -0.129. The van der Waals surface area contributed by atoms with Crippen molar-refractivity contribution in [3.63, 3.8) is 0 Å². The Morgan fingerprint density at radius 1 is 1.26 bits per heavy atom. The SMILES string of the molecule is [2H]Cc1cn(C)nc1[C@H](Nc1c(Nc2ccnc(C(=O)N(C)C)c2O)c(=O)c1=O)C1(C)CCCC1. The van der Waals surface area contributed by atoms with Crippen LogP contribution in [-0.2, 0) is 7.05 Å². The molecule has 0 bridgehead atoms. The molecule has 3 N–H and O–H groups in total. The van der Waals surface area contributed by atoms with Gasteiger partial charge in [-0.3, -0.25) is 19.1 Å². The third kappa shape index (κ3) is 3.93. The van der Waals surface area contributed by atoms with Crippen molar-refractivity contribution in [2.24, 2.45) is 12.5 Å². The van der Waals surface area contributed by atoms with Crippen LogP contribution in [0.25, 0.3) is 0 Å². The minimum absolute atomic E-state index is 0.00898. The van der Waals surface area contributed by atoms with E-state index in [1.54, 1.807) is 17.9 Å². The molecule has 0 saturated heterocycles. The third-order valence-corrected chi connectivity index (χ3v) is 6.65. The van der Waals surface area contributed by atoms with Gasteiger partial charge in [-0.1, -0.05) is 19.8 Å². The summed E-state index contributed by atoms with van der Waals surface area (Å²) in [4.78, 5) is 42.7. The highest BCUT2D eigenvalue weighted by atomic mass is 16.3. The van der Waals surface area contributed by atoms with E-state index in [4.69, 9.17) is 1.37 Å². The average molecular weight is 468 g/mol. The van der Waals surface area contributed by atoms with Crippen LogP contribution in [0.2, 0.25) is 0 Å². The van der Waals surface area contributed by atoms with Crippen LogP contribution in [0.5, 0.6) is 5.75 Å². The maximum absolute atomic E-state index is 12.6. The molecule has 1 aliphatic carbocycles. The van der Waals surface area contributed by atoms with Gasteiger partial charge < -0.3 is 20.6 Å². The molecule has 1 saturated carbocycles. The Balaban J connectivity index is 1.72. The van der Waals surface area contributed by atoms with Gasteiger partial charge in [0.1, 0.15) is 11.4 Å². The molecule has 180 valence electrons. The maximum atomic E-state index is 12.6. The Bertz CT molecular complexity index is 1330. The number of anilines is 3.